The Balaban J connectivity index is 1.68. The minimum Gasteiger partial charge on any atom is -0.461 e. The average Bonchev–Trinajstić information content (AvgIpc) is 3.17. The van der Waals surface area contributed by atoms with Crippen molar-refractivity contribution in [3.05, 3.63) is 52.1 Å². The van der Waals surface area contributed by atoms with Gasteiger partial charge in [0.25, 0.3) is 0 Å². The van der Waals surface area contributed by atoms with Gasteiger partial charge in [0.05, 0.1) is 6.20 Å². The third kappa shape index (κ3) is 3.68. The zero-order valence-electron chi connectivity index (χ0n) is 14.2. The lowest BCUT2D eigenvalue weighted by Crippen LogP contribution is -2.14. The fourth-order valence-electron chi connectivity index (χ4n) is 2.65. The van der Waals surface area contributed by atoms with E-state index >= 15 is 0 Å². The first-order valence-electron chi connectivity index (χ1n) is 7.90. The van der Waals surface area contributed by atoms with Gasteiger partial charge in [0.15, 0.2) is 0 Å². The van der Waals surface area contributed by atoms with Crippen LogP contribution in [0.2, 0.25) is 0 Å². The lowest BCUT2D eigenvalue weighted by Gasteiger charge is -2.10. The van der Waals surface area contributed by atoms with Gasteiger partial charge in [0.1, 0.15) is 17.7 Å². The van der Waals surface area contributed by atoms with E-state index < -0.39 is 16.8 Å². The number of benzene rings is 1. The number of nitrogens with zero attached hydrogens (tertiary/aromatic N) is 6. The number of rotatable bonds is 6. The molecule has 26 heavy (non-hydrogen) atoms. The zero-order valence-corrected chi connectivity index (χ0v) is 14.2. The molecule has 0 fully saturated rings. The van der Waals surface area contributed by atoms with E-state index in [0.717, 1.165) is 5.56 Å². The molecule has 0 spiro atoms. The van der Waals surface area contributed by atoms with Gasteiger partial charge in [-0.2, -0.15) is 0 Å². The second kappa shape index (κ2) is 6.90. The van der Waals surface area contributed by atoms with Crippen LogP contribution >= 0.6 is 0 Å². The Morgan fingerprint density at radius 2 is 2.12 bits per heavy atom. The maximum absolute atomic E-state index is 13.4. The number of aryl methyl sites for hydroxylation is 1. The molecule has 0 aliphatic carbocycles. The van der Waals surface area contributed by atoms with Crippen LogP contribution in [-0.2, 0) is 13.1 Å². The summed E-state index contributed by atoms with van der Waals surface area (Å²) in [6, 6.07) is 4.34. The molecule has 9 nitrogen and oxygen atoms in total. The van der Waals surface area contributed by atoms with E-state index in [1.54, 1.807) is 29.9 Å². The van der Waals surface area contributed by atoms with E-state index in [1.165, 1.54) is 16.8 Å². The van der Waals surface area contributed by atoms with Gasteiger partial charge in [-0.25, -0.2) is 4.39 Å². The number of aromatic nitrogens is 5. The van der Waals surface area contributed by atoms with Crippen molar-refractivity contribution in [2.45, 2.75) is 26.9 Å². The number of imidazole rings is 1. The Labute approximate surface area is 147 Å². The van der Waals surface area contributed by atoms with Crippen molar-refractivity contribution in [1.82, 2.24) is 24.5 Å². The van der Waals surface area contributed by atoms with Gasteiger partial charge in [-0.3, -0.25) is 9.25 Å². The van der Waals surface area contributed by atoms with Crippen LogP contribution in [0.1, 0.15) is 12.5 Å². The predicted molar refractivity (Wildman–Crippen MR) is 89.9 cm³/mol. The van der Waals surface area contributed by atoms with E-state index in [0.29, 0.717) is 24.3 Å². The quantitative estimate of drug-likeness (QED) is 0.534. The second-order valence-corrected chi connectivity index (χ2v) is 6.20. The van der Waals surface area contributed by atoms with Gasteiger partial charge in [-0.15, -0.1) is 5.10 Å². The topological polar surface area (TPSA) is 112 Å². The highest BCUT2D eigenvalue weighted by atomic mass is 19.1. The van der Waals surface area contributed by atoms with Crippen LogP contribution in [0.3, 0.4) is 0 Å². The Morgan fingerprint density at radius 3 is 2.77 bits per heavy atom. The van der Waals surface area contributed by atoms with Gasteiger partial charge in [0, 0.05) is 23.6 Å². The predicted octanol–water partition coefficient (Wildman–Crippen LogP) is 2.54. The molecule has 3 rings (SSSR count). The van der Waals surface area contributed by atoms with Crippen LogP contribution in [0.5, 0.6) is 6.01 Å². The molecule has 0 saturated carbocycles. The Bertz CT molecular complexity index is 951. The van der Waals surface area contributed by atoms with E-state index in [2.05, 4.69) is 15.3 Å². The normalized spacial score (nSPS) is 12.3. The molecular weight excluding hydrogens is 343 g/mol. The van der Waals surface area contributed by atoms with Crippen LogP contribution in [0.25, 0.3) is 11.3 Å². The summed E-state index contributed by atoms with van der Waals surface area (Å²) in [6.45, 7) is 4.41. The van der Waals surface area contributed by atoms with Crippen molar-refractivity contribution in [3.63, 3.8) is 0 Å². The molecule has 10 heteroatoms. The maximum atomic E-state index is 13.4. The number of hydrogen-bond acceptors (Lipinski definition) is 6. The van der Waals surface area contributed by atoms with Crippen LogP contribution in [0.15, 0.2) is 30.6 Å². The molecule has 136 valence electrons. The maximum Gasteiger partial charge on any atom is 0.411 e. The summed E-state index contributed by atoms with van der Waals surface area (Å²) >= 11 is 0. The summed E-state index contributed by atoms with van der Waals surface area (Å²) in [6.07, 6.45) is 2.94. The standard InChI is InChI=1S/C16H17FN6O3/c1-10(6-21-9-15(23(25)26)18-16(21)24)7-22-8-14(19-20-22)12-3-4-13(17)11(2)5-12/h3-5,8-10H,6-7H2,1-2H3,(H,18,24)/t10-/m0/s1. The van der Waals surface area contributed by atoms with Crippen LogP contribution in [0.4, 0.5) is 10.2 Å². The summed E-state index contributed by atoms with van der Waals surface area (Å²) in [5.41, 5.74) is 1.93. The first-order chi connectivity index (χ1) is 12.3. The first kappa shape index (κ1) is 17.5. The Morgan fingerprint density at radius 1 is 1.35 bits per heavy atom. The molecule has 3 aromatic rings. The Hall–Kier alpha value is -3.30. The summed E-state index contributed by atoms with van der Waals surface area (Å²) in [4.78, 5) is 13.5. The molecule has 0 bridgehead atoms. The monoisotopic (exact) mass is 360 g/mol. The smallest absolute Gasteiger partial charge is 0.411 e. The molecule has 0 amide bonds. The molecule has 2 aromatic heterocycles. The van der Waals surface area contributed by atoms with E-state index in [9.17, 15) is 19.6 Å². The molecule has 1 atom stereocenters. The fraction of sp³-hybridized carbons (Fsp3) is 0.312. The van der Waals surface area contributed by atoms with Gasteiger partial charge in [-0.05, 0) is 41.5 Å². The summed E-state index contributed by atoms with van der Waals surface area (Å²) in [5, 5.41) is 28.5. The Kier molecular flexibility index (Phi) is 4.65. The molecule has 2 heterocycles. The van der Waals surface area contributed by atoms with Crippen LogP contribution in [0, 0.1) is 28.8 Å². The molecule has 0 aliphatic rings. The molecular formula is C16H17FN6O3. The van der Waals surface area contributed by atoms with Gasteiger partial charge < -0.3 is 15.2 Å². The summed E-state index contributed by atoms with van der Waals surface area (Å²) in [7, 11) is 0. The molecule has 1 aromatic carbocycles. The van der Waals surface area contributed by atoms with Crippen molar-refractivity contribution in [2.24, 2.45) is 5.92 Å². The highest BCUT2D eigenvalue weighted by Gasteiger charge is 2.19. The highest BCUT2D eigenvalue weighted by molar-refractivity contribution is 5.58. The highest BCUT2D eigenvalue weighted by Crippen LogP contribution is 2.21. The second-order valence-electron chi connectivity index (χ2n) is 6.20. The van der Waals surface area contributed by atoms with Crippen molar-refractivity contribution in [3.8, 4) is 17.3 Å². The van der Waals surface area contributed by atoms with Crippen molar-refractivity contribution >= 4 is 5.82 Å². The number of aromatic hydroxyl groups is 1. The molecule has 0 saturated heterocycles. The van der Waals surface area contributed by atoms with Gasteiger partial charge in [0.2, 0.25) is 0 Å². The SMILES string of the molecule is Cc1cc(-c2cn(C[C@@H](C)Cn3cc([N+](=O)[O-])nc3O)nn2)ccc1F. The largest absolute Gasteiger partial charge is 0.461 e. The third-order valence-corrected chi connectivity index (χ3v) is 3.93. The lowest BCUT2D eigenvalue weighted by molar-refractivity contribution is -0.389. The van der Waals surface area contributed by atoms with E-state index in [4.69, 9.17) is 0 Å². The van der Waals surface area contributed by atoms with Crippen molar-refractivity contribution < 1.29 is 14.4 Å². The van der Waals surface area contributed by atoms with Gasteiger partial charge in [-0.1, -0.05) is 12.1 Å². The molecule has 0 aliphatic heterocycles. The minimum absolute atomic E-state index is 0.000733. The van der Waals surface area contributed by atoms with Crippen LogP contribution in [-0.4, -0.2) is 34.6 Å². The van der Waals surface area contributed by atoms with Crippen molar-refractivity contribution in [2.75, 3.05) is 0 Å². The summed E-state index contributed by atoms with van der Waals surface area (Å²) < 4.78 is 16.3. The molecule has 0 radical (unpaired) electrons. The number of hydrogen-bond donors (Lipinski definition) is 1. The minimum atomic E-state index is -0.657. The van der Waals surface area contributed by atoms with E-state index in [-0.39, 0.29) is 11.7 Å². The molecule has 1 N–H and O–H groups in total. The fourth-order valence-corrected chi connectivity index (χ4v) is 2.65. The lowest BCUT2D eigenvalue weighted by atomic mass is 10.1. The third-order valence-electron chi connectivity index (χ3n) is 3.93. The van der Waals surface area contributed by atoms with E-state index in [1.807, 2.05) is 6.92 Å². The van der Waals surface area contributed by atoms with Crippen molar-refractivity contribution in [1.29, 1.82) is 0 Å². The number of halogens is 1. The van der Waals surface area contributed by atoms with Gasteiger partial charge >= 0.3 is 11.8 Å². The average molecular weight is 360 g/mol. The zero-order chi connectivity index (χ0) is 18.8. The van der Waals surface area contributed by atoms with Crippen LogP contribution < -0.4 is 0 Å². The first-order valence-corrected chi connectivity index (χ1v) is 7.90. The molecule has 0 unspecified atom stereocenters. The summed E-state index contributed by atoms with van der Waals surface area (Å²) in [5.74, 6) is -0.673. The number of nitro groups is 1.